The average Bonchev–Trinajstić information content (AvgIpc) is 2.64. The zero-order valence-corrected chi connectivity index (χ0v) is 18.1. The summed E-state index contributed by atoms with van der Waals surface area (Å²) in [4.78, 5) is 32.5. The molecule has 0 aliphatic carbocycles. The van der Waals surface area contributed by atoms with Gasteiger partial charge in [0.05, 0.1) is 0 Å². The van der Waals surface area contributed by atoms with Gasteiger partial charge in [0.15, 0.2) is 0 Å². The van der Waals surface area contributed by atoms with Crippen molar-refractivity contribution >= 4 is 5.91 Å². The van der Waals surface area contributed by atoms with E-state index in [1.807, 2.05) is 17.9 Å². The Morgan fingerprint density at radius 1 is 1.18 bits per heavy atom. The maximum absolute atomic E-state index is 13.3. The molecule has 1 aromatic heterocycles. The van der Waals surface area contributed by atoms with Crippen molar-refractivity contribution in [3.8, 4) is 0 Å². The average molecular weight is 390 g/mol. The van der Waals surface area contributed by atoms with E-state index in [-0.39, 0.29) is 17.0 Å². The summed E-state index contributed by atoms with van der Waals surface area (Å²) in [7, 11) is 4.31. The lowest BCUT2D eigenvalue weighted by atomic mass is 9.83. The molecule has 0 atom stereocenters. The van der Waals surface area contributed by atoms with Crippen LogP contribution in [-0.2, 0) is 6.42 Å². The topological polar surface area (TPSA) is 57.0 Å². The van der Waals surface area contributed by atoms with Gasteiger partial charge in [-0.2, -0.15) is 0 Å². The first-order valence-corrected chi connectivity index (χ1v) is 10.5. The van der Waals surface area contributed by atoms with E-state index in [2.05, 4.69) is 37.7 Å². The van der Waals surface area contributed by atoms with Crippen LogP contribution >= 0.6 is 0 Å². The van der Waals surface area contributed by atoms with E-state index in [9.17, 15) is 9.59 Å². The highest BCUT2D eigenvalue weighted by Gasteiger charge is 2.43. The summed E-state index contributed by atoms with van der Waals surface area (Å²) in [5.41, 5.74) is 0.475. The number of likely N-dealkylation sites (N-methyl/N-ethyl adjacent to an activating group) is 1. The number of nitrogens with zero attached hydrogens (tertiary/aromatic N) is 3. The summed E-state index contributed by atoms with van der Waals surface area (Å²) in [6.07, 6.45) is 3.79. The summed E-state index contributed by atoms with van der Waals surface area (Å²) >= 11 is 0. The van der Waals surface area contributed by atoms with E-state index in [4.69, 9.17) is 4.42 Å². The van der Waals surface area contributed by atoms with Gasteiger partial charge in [-0.3, -0.25) is 9.69 Å². The normalized spacial score (nSPS) is 20.9. The zero-order valence-electron chi connectivity index (χ0n) is 18.1. The molecule has 3 heterocycles. The Morgan fingerprint density at radius 2 is 1.86 bits per heavy atom. The Hall–Kier alpha value is -1.66. The van der Waals surface area contributed by atoms with Crippen molar-refractivity contribution in [2.75, 3.05) is 46.8 Å². The summed E-state index contributed by atoms with van der Waals surface area (Å²) < 4.78 is 5.50. The number of aryl methyl sites for hydroxylation is 2. The monoisotopic (exact) mass is 389 g/mol. The van der Waals surface area contributed by atoms with Gasteiger partial charge in [-0.15, -0.1) is 0 Å². The van der Waals surface area contributed by atoms with Crippen LogP contribution in [0.1, 0.15) is 54.8 Å². The van der Waals surface area contributed by atoms with Crippen LogP contribution in [0, 0.1) is 12.8 Å². The number of piperidine rings is 1. The Kier molecular flexibility index (Phi) is 6.30. The van der Waals surface area contributed by atoms with Gasteiger partial charge < -0.3 is 14.2 Å². The predicted molar refractivity (Wildman–Crippen MR) is 111 cm³/mol. The third-order valence-electron chi connectivity index (χ3n) is 6.59. The predicted octanol–water partition coefficient (Wildman–Crippen LogP) is 2.39. The molecule has 1 spiro atoms. The second-order valence-electron chi connectivity index (χ2n) is 9.17. The molecule has 0 radical (unpaired) electrons. The van der Waals surface area contributed by atoms with Crippen LogP contribution in [0.5, 0.6) is 0 Å². The van der Waals surface area contributed by atoms with Crippen LogP contribution in [0.3, 0.4) is 0 Å². The first-order chi connectivity index (χ1) is 13.2. The summed E-state index contributed by atoms with van der Waals surface area (Å²) in [5, 5.41) is 0. The zero-order chi connectivity index (χ0) is 20.5. The molecule has 0 aromatic carbocycles. The van der Waals surface area contributed by atoms with E-state index in [1.165, 1.54) is 0 Å². The quantitative estimate of drug-likeness (QED) is 0.791. The molecule has 2 aliphatic heterocycles. The maximum Gasteiger partial charge on any atom is 0.349 e. The van der Waals surface area contributed by atoms with Gasteiger partial charge in [-0.05, 0) is 70.9 Å². The van der Waals surface area contributed by atoms with Crippen LogP contribution in [0.25, 0.3) is 0 Å². The fraction of sp³-hybridized carbons (Fsp3) is 0.727. The minimum Gasteiger partial charge on any atom is -0.427 e. The van der Waals surface area contributed by atoms with Crippen molar-refractivity contribution in [2.24, 2.45) is 5.92 Å². The second kappa shape index (κ2) is 8.37. The van der Waals surface area contributed by atoms with E-state index in [0.29, 0.717) is 24.8 Å². The number of hydrogen-bond acceptors (Lipinski definition) is 5. The molecule has 1 aromatic rings. The lowest BCUT2D eigenvalue weighted by Crippen LogP contribution is -2.65. The summed E-state index contributed by atoms with van der Waals surface area (Å²) in [5.74, 6) is 1.05. The fourth-order valence-electron chi connectivity index (χ4n) is 4.45. The van der Waals surface area contributed by atoms with Gasteiger partial charge in [0, 0.05) is 31.6 Å². The first kappa shape index (κ1) is 21.1. The van der Waals surface area contributed by atoms with Crippen molar-refractivity contribution in [2.45, 2.75) is 52.0 Å². The van der Waals surface area contributed by atoms with Crippen molar-refractivity contribution in [3.63, 3.8) is 0 Å². The largest absolute Gasteiger partial charge is 0.427 e. The van der Waals surface area contributed by atoms with Crippen LogP contribution < -0.4 is 5.63 Å². The molecule has 0 unspecified atom stereocenters. The molecule has 6 nitrogen and oxygen atoms in total. The van der Waals surface area contributed by atoms with Crippen LogP contribution in [-0.4, -0.2) is 73.0 Å². The number of hydrogen-bond donors (Lipinski definition) is 0. The van der Waals surface area contributed by atoms with Gasteiger partial charge in [-0.1, -0.05) is 13.8 Å². The van der Waals surface area contributed by atoms with Crippen molar-refractivity contribution in [1.29, 1.82) is 0 Å². The van der Waals surface area contributed by atoms with Crippen molar-refractivity contribution < 1.29 is 9.21 Å². The van der Waals surface area contributed by atoms with E-state index in [1.54, 1.807) is 0 Å². The molecule has 156 valence electrons. The number of rotatable bonds is 4. The van der Waals surface area contributed by atoms with Crippen LogP contribution in [0.15, 0.2) is 15.3 Å². The maximum atomic E-state index is 13.3. The van der Waals surface area contributed by atoms with Gasteiger partial charge in [0.25, 0.3) is 5.91 Å². The molecular weight excluding hydrogens is 354 g/mol. The molecule has 0 saturated carbocycles. The summed E-state index contributed by atoms with van der Waals surface area (Å²) in [6.45, 7) is 10.4. The molecule has 2 aliphatic rings. The third-order valence-corrected chi connectivity index (χ3v) is 6.59. The highest BCUT2D eigenvalue weighted by Crippen LogP contribution is 2.31. The molecule has 2 fully saturated rings. The number of likely N-dealkylation sites (tertiary alicyclic amines) is 1. The first-order valence-electron chi connectivity index (χ1n) is 10.5. The number of piperazine rings is 1. The molecule has 3 rings (SSSR count). The Balaban J connectivity index is 1.79. The second-order valence-corrected chi connectivity index (χ2v) is 9.17. The number of carbonyl (C=O) groups is 1. The number of amides is 1. The Labute approximate surface area is 168 Å². The molecule has 2 saturated heterocycles. The Bertz CT molecular complexity index is 763. The minimum atomic E-state index is -0.486. The van der Waals surface area contributed by atoms with Crippen molar-refractivity contribution in [1.82, 2.24) is 14.7 Å². The Morgan fingerprint density at radius 3 is 2.46 bits per heavy atom. The highest BCUT2D eigenvalue weighted by atomic mass is 16.4. The smallest absolute Gasteiger partial charge is 0.349 e. The van der Waals surface area contributed by atoms with E-state index in [0.717, 1.165) is 50.9 Å². The number of carbonyl (C=O) groups excluding carboxylic acids is 1. The lowest BCUT2D eigenvalue weighted by Gasteiger charge is -2.52. The van der Waals surface area contributed by atoms with Gasteiger partial charge >= 0.3 is 5.63 Å². The lowest BCUT2D eigenvalue weighted by molar-refractivity contribution is -0.0172. The molecule has 0 N–H and O–H groups in total. The molecule has 6 heteroatoms. The van der Waals surface area contributed by atoms with Crippen molar-refractivity contribution in [3.05, 3.63) is 33.4 Å². The molecule has 28 heavy (non-hydrogen) atoms. The molecule has 0 bridgehead atoms. The third kappa shape index (κ3) is 4.33. The van der Waals surface area contributed by atoms with Crippen LogP contribution in [0.4, 0.5) is 0 Å². The summed E-state index contributed by atoms with van der Waals surface area (Å²) in [6, 6.07) is 1.87. The minimum absolute atomic E-state index is 0.0196. The SMILES string of the molecule is Cc1cc(CCC(C)C)oc(=O)c1C(=O)N1CCN(C)C2(CCN(C)CC2)C1. The van der Waals surface area contributed by atoms with Gasteiger partial charge in [-0.25, -0.2) is 4.79 Å². The van der Waals surface area contributed by atoms with E-state index < -0.39 is 5.63 Å². The molecule has 1 amide bonds. The fourth-order valence-corrected chi connectivity index (χ4v) is 4.45. The van der Waals surface area contributed by atoms with Gasteiger partial charge in [0.1, 0.15) is 11.3 Å². The standard InChI is InChI=1S/C22H35N3O3/c1-16(2)6-7-18-14-17(3)19(21(27)28-18)20(26)25-13-12-24(5)22(15-25)8-10-23(4)11-9-22/h14,16H,6-13,15H2,1-5H3. The highest BCUT2D eigenvalue weighted by molar-refractivity contribution is 5.95. The molecular formula is C22H35N3O3. The van der Waals surface area contributed by atoms with Gasteiger partial charge in [0.2, 0.25) is 0 Å². The van der Waals surface area contributed by atoms with E-state index >= 15 is 0 Å². The van der Waals surface area contributed by atoms with Crippen LogP contribution in [0.2, 0.25) is 0 Å².